The number of hydrogen-bond donors (Lipinski definition) is 2. The molecular formula is C13H12F2N2O3. The maximum Gasteiger partial charge on any atom is 0.273 e. The van der Waals surface area contributed by atoms with Crippen LogP contribution < -0.4 is 5.32 Å². The van der Waals surface area contributed by atoms with E-state index in [9.17, 15) is 13.6 Å². The topological polar surface area (TPSA) is 75.4 Å². The molecule has 0 saturated carbocycles. The molecule has 0 aliphatic carbocycles. The Morgan fingerprint density at radius 2 is 2.10 bits per heavy atom. The van der Waals surface area contributed by atoms with Gasteiger partial charge in [0.1, 0.15) is 0 Å². The molecule has 0 unspecified atom stereocenters. The Balaban J connectivity index is 2.12. The molecule has 1 aromatic heterocycles. The predicted octanol–water partition coefficient (Wildman–Crippen LogP) is 1.73. The Bertz CT molecular complexity index is 613. The van der Waals surface area contributed by atoms with Gasteiger partial charge < -0.3 is 14.9 Å². The summed E-state index contributed by atoms with van der Waals surface area (Å²) in [4.78, 5) is 11.6. The van der Waals surface area contributed by atoms with E-state index in [1.54, 1.807) is 0 Å². The highest BCUT2D eigenvalue weighted by molar-refractivity contribution is 5.93. The number of aliphatic hydroxyl groups excluding tert-OH is 1. The first-order valence-corrected chi connectivity index (χ1v) is 5.93. The van der Waals surface area contributed by atoms with E-state index in [4.69, 9.17) is 9.63 Å². The molecular weight excluding hydrogens is 270 g/mol. The number of nitrogens with one attached hydrogen (secondary N) is 1. The van der Waals surface area contributed by atoms with Crippen molar-refractivity contribution in [3.05, 3.63) is 41.6 Å². The normalized spacial score (nSPS) is 10.6. The van der Waals surface area contributed by atoms with Gasteiger partial charge in [-0.1, -0.05) is 5.16 Å². The average Bonchev–Trinajstić information content (AvgIpc) is 2.92. The van der Waals surface area contributed by atoms with Crippen LogP contribution in [0.25, 0.3) is 11.3 Å². The third-order valence-electron chi connectivity index (χ3n) is 2.57. The van der Waals surface area contributed by atoms with Crippen molar-refractivity contribution in [3.63, 3.8) is 0 Å². The number of aliphatic hydroxyl groups is 1. The van der Waals surface area contributed by atoms with Gasteiger partial charge in [0.05, 0.1) is 0 Å². The van der Waals surface area contributed by atoms with Crippen LogP contribution in [0.1, 0.15) is 16.9 Å². The highest BCUT2D eigenvalue weighted by Gasteiger charge is 2.14. The van der Waals surface area contributed by atoms with Crippen molar-refractivity contribution in [2.75, 3.05) is 13.2 Å². The molecule has 0 radical (unpaired) electrons. The number of amides is 1. The number of halogens is 2. The minimum Gasteiger partial charge on any atom is -0.396 e. The first-order valence-electron chi connectivity index (χ1n) is 5.93. The van der Waals surface area contributed by atoms with Crippen LogP contribution in [-0.2, 0) is 0 Å². The minimum absolute atomic E-state index is 0.0286. The van der Waals surface area contributed by atoms with Gasteiger partial charge in [0.2, 0.25) is 0 Å². The molecule has 0 aliphatic heterocycles. The first-order chi connectivity index (χ1) is 9.61. The van der Waals surface area contributed by atoms with E-state index in [0.29, 0.717) is 13.0 Å². The van der Waals surface area contributed by atoms with E-state index in [-0.39, 0.29) is 23.6 Å². The smallest absolute Gasteiger partial charge is 0.273 e. The molecule has 0 aliphatic rings. The van der Waals surface area contributed by atoms with Crippen LogP contribution in [0.3, 0.4) is 0 Å². The summed E-state index contributed by atoms with van der Waals surface area (Å²) < 4.78 is 30.8. The summed E-state index contributed by atoms with van der Waals surface area (Å²) in [5.74, 6) is -2.27. The fraction of sp³-hybridized carbons (Fsp3) is 0.231. The van der Waals surface area contributed by atoms with Gasteiger partial charge in [-0.05, 0) is 24.6 Å². The summed E-state index contributed by atoms with van der Waals surface area (Å²) in [6.45, 7) is 0.280. The Hall–Kier alpha value is -2.28. The van der Waals surface area contributed by atoms with Crippen molar-refractivity contribution >= 4 is 5.91 Å². The lowest BCUT2D eigenvalue weighted by Gasteiger charge is -1.99. The van der Waals surface area contributed by atoms with Gasteiger partial charge in [0.15, 0.2) is 23.1 Å². The van der Waals surface area contributed by atoms with Crippen molar-refractivity contribution in [1.29, 1.82) is 0 Å². The highest BCUT2D eigenvalue weighted by atomic mass is 19.2. The summed E-state index contributed by atoms with van der Waals surface area (Å²) in [6.07, 6.45) is 0.430. The Labute approximate surface area is 113 Å². The number of nitrogens with zero attached hydrogens (tertiary/aromatic N) is 1. The molecule has 2 rings (SSSR count). The fourth-order valence-corrected chi connectivity index (χ4v) is 1.54. The number of carbonyl (C=O) groups is 1. The van der Waals surface area contributed by atoms with Crippen LogP contribution in [0.4, 0.5) is 8.78 Å². The van der Waals surface area contributed by atoms with Crippen molar-refractivity contribution in [2.45, 2.75) is 6.42 Å². The second kappa shape index (κ2) is 6.25. The maximum absolute atomic E-state index is 13.1. The zero-order chi connectivity index (χ0) is 14.5. The van der Waals surface area contributed by atoms with Gasteiger partial charge >= 0.3 is 0 Å². The van der Waals surface area contributed by atoms with Crippen LogP contribution >= 0.6 is 0 Å². The lowest BCUT2D eigenvalue weighted by molar-refractivity contribution is 0.0942. The van der Waals surface area contributed by atoms with Crippen LogP contribution in [0.5, 0.6) is 0 Å². The summed E-state index contributed by atoms with van der Waals surface area (Å²) >= 11 is 0. The Morgan fingerprint density at radius 3 is 2.80 bits per heavy atom. The molecule has 0 spiro atoms. The zero-order valence-electron chi connectivity index (χ0n) is 10.4. The van der Waals surface area contributed by atoms with E-state index < -0.39 is 17.5 Å². The number of rotatable bonds is 5. The molecule has 0 bridgehead atoms. The number of hydrogen-bond acceptors (Lipinski definition) is 4. The minimum atomic E-state index is -1.01. The fourth-order valence-electron chi connectivity index (χ4n) is 1.54. The third-order valence-corrected chi connectivity index (χ3v) is 2.57. The molecule has 5 nitrogen and oxygen atoms in total. The highest BCUT2D eigenvalue weighted by Crippen LogP contribution is 2.22. The SMILES string of the molecule is O=C(NCCCO)c1cc(-c2ccc(F)c(F)c2)on1. The van der Waals surface area contributed by atoms with Gasteiger partial charge in [0, 0.05) is 24.8 Å². The molecule has 1 aromatic carbocycles. The second-order valence-electron chi connectivity index (χ2n) is 4.04. The Kier molecular flexibility index (Phi) is 4.41. The molecule has 0 saturated heterocycles. The van der Waals surface area contributed by atoms with E-state index in [1.165, 1.54) is 12.1 Å². The lowest BCUT2D eigenvalue weighted by atomic mass is 10.1. The monoisotopic (exact) mass is 282 g/mol. The van der Waals surface area contributed by atoms with Crippen molar-refractivity contribution in [1.82, 2.24) is 10.5 Å². The van der Waals surface area contributed by atoms with E-state index in [0.717, 1.165) is 12.1 Å². The quantitative estimate of drug-likeness (QED) is 0.819. The molecule has 2 N–H and O–H groups in total. The number of aromatic nitrogens is 1. The van der Waals surface area contributed by atoms with Crippen LogP contribution in [0, 0.1) is 11.6 Å². The first kappa shape index (κ1) is 14.1. The molecule has 0 fully saturated rings. The number of benzene rings is 1. The van der Waals surface area contributed by atoms with Crippen LogP contribution in [0.2, 0.25) is 0 Å². The van der Waals surface area contributed by atoms with E-state index >= 15 is 0 Å². The van der Waals surface area contributed by atoms with Gasteiger partial charge in [-0.3, -0.25) is 4.79 Å². The molecule has 0 atom stereocenters. The van der Waals surface area contributed by atoms with E-state index in [2.05, 4.69) is 10.5 Å². The molecule has 1 heterocycles. The Morgan fingerprint density at radius 1 is 1.30 bits per heavy atom. The summed E-state index contributed by atoms with van der Waals surface area (Å²) in [5, 5.41) is 14.7. The maximum atomic E-state index is 13.1. The molecule has 2 aromatic rings. The molecule has 20 heavy (non-hydrogen) atoms. The van der Waals surface area contributed by atoms with Crippen molar-refractivity contribution in [2.24, 2.45) is 0 Å². The van der Waals surface area contributed by atoms with Gasteiger partial charge in [-0.15, -0.1) is 0 Å². The van der Waals surface area contributed by atoms with Crippen molar-refractivity contribution in [3.8, 4) is 11.3 Å². The molecule has 106 valence electrons. The molecule has 7 heteroatoms. The average molecular weight is 282 g/mol. The van der Waals surface area contributed by atoms with Crippen molar-refractivity contribution < 1.29 is 23.2 Å². The van der Waals surface area contributed by atoms with Gasteiger partial charge in [-0.2, -0.15) is 0 Å². The standard InChI is InChI=1S/C13H12F2N2O3/c14-9-3-2-8(6-10(9)15)12-7-11(17-20-12)13(19)16-4-1-5-18/h2-3,6-7,18H,1,4-5H2,(H,16,19). The lowest BCUT2D eigenvalue weighted by Crippen LogP contribution is -2.25. The van der Waals surface area contributed by atoms with Crippen LogP contribution in [0.15, 0.2) is 28.8 Å². The second-order valence-corrected chi connectivity index (χ2v) is 4.04. The summed E-state index contributed by atoms with van der Waals surface area (Å²) in [6, 6.07) is 4.59. The van der Waals surface area contributed by atoms with Gasteiger partial charge in [-0.25, -0.2) is 8.78 Å². The van der Waals surface area contributed by atoms with Crippen LogP contribution in [-0.4, -0.2) is 29.3 Å². The third kappa shape index (κ3) is 3.18. The summed E-state index contributed by atoms with van der Waals surface area (Å²) in [7, 11) is 0. The predicted molar refractivity (Wildman–Crippen MR) is 65.9 cm³/mol. The largest absolute Gasteiger partial charge is 0.396 e. The summed E-state index contributed by atoms with van der Waals surface area (Å²) in [5.41, 5.74) is 0.313. The molecule has 1 amide bonds. The van der Waals surface area contributed by atoms with E-state index in [1.807, 2.05) is 0 Å². The number of carbonyl (C=O) groups excluding carboxylic acids is 1. The van der Waals surface area contributed by atoms with Gasteiger partial charge in [0.25, 0.3) is 5.91 Å². The zero-order valence-corrected chi connectivity index (χ0v) is 10.4.